The lowest BCUT2D eigenvalue weighted by molar-refractivity contribution is -0.130. The lowest BCUT2D eigenvalue weighted by Gasteiger charge is -2.25. The molecule has 2 aromatic rings. The molecule has 1 amide bonds. The van der Waals surface area contributed by atoms with Gasteiger partial charge in [0.15, 0.2) is 16.6 Å². The molecule has 1 aliphatic rings. The molecule has 7 nitrogen and oxygen atoms in total. The molecule has 1 unspecified atom stereocenters. The highest BCUT2D eigenvalue weighted by molar-refractivity contribution is 7.80. The number of hydrazine groups is 1. The molecule has 0 aliphatic carbocycles. The minimum absolute atomic E-state index is 0.128. The van der Waals surface area contributed by atoms with Crippen molar-refractivity contribution in [3.8, 4) is 17.2 Å². The summed E-state index contributed by atoms with van der Waals surface area (Å²) in [5.41, 5.74) is 5.90. The standard InChI is InChI=1S/C17H17N3O4S/c1-22-12-8-6-11(7-9-12)18-17(25)20-19-16(21)15-10-23-13-4-2-3-5-14(13)24-15/h2-9,15H,10H2,1H3,(H,19,21)(H2,18,20,25). The van der Waals surface area contributed by atoms with Gasteiger partial charge in [-0.15, -0.1) is 0 Å². The molecule has 2 aromatic carbocycles. The zero-order valence-electron chi connectivity index (χ0n) is 13.4. The van der Waals surface area contributed by atoms with E-state index in [2.05, 4.69) is 16.2 Å². The van der Waals surface area contributed by atoms with Crippen molar-refractivity contribution in [1.29, 1.82) is 0 Å². The van der Waals surface area contributed by atoms with Gasteiger partial charge in [0, 0.05) is 5.69 Å². The molecule has 3 rings (SSSR count). The van der Waals surface area contributed by atoms with Gasteiger partial charge >= 0.3 is 0 Å². The Morgan fingerprint density at radius 2 is 1.84 bits per heavy atom. The maximum absolute atomic E-state index is 12.2. The number of methoxy groups -OCH3 is 1. The van der Waals surface area contributed by atoms with Gasteiger partial charge in [-0.05, 0) is 48.6 Å². The zero-order chi connectivity index (χ0) is 17.6. The van der Waals surface area contributed by atoms with E-state index in [4.69, 9.17) is 26.4 Å². The molecule has 0 radical (unpaired) electrons. The van der Waals surface area contributed by atoms with E-state index in [-0.39, 0.29) is 17.6 Å². The van der Waals surface area contributed by atoms with E-state index in [0.717, 1.165) is 11.4 Å². The summed E-state index contributed by atoms with van der Waals surface area (Å²) in [5, 5.41) is 3.19. The zero-order valence-corrected chi connectivity index (χ0v) is 14.3. The molecule has 3 N–H and O–H groups in total. The third-order valence-corrected chi connectivity index (χ3v) is 3.65. The molecule has 0 fully saturated rings. The SMILES string of the molecule is COc1ccc(NC(=S)NNC(=O)C2COc3ccccc3O2)cc1. The smallest absolute Gasteiger partial charge is 0.283 e. The van der Waals surface area contributed by atoms with E-state index in [1.54, 1.807) is 31.4 Å². The number of hydrogen-bond acceptors (Lipinski definition) is 5. The number of carbonyl (C=O) groups excluding carboxylic acids is 1. The fraction of sp³-hybridized carbons (Fsp3) is 0.176. The molecule has 1 heterocycles. The number of para-hydroxylation sites is 2. The van der Waals surface area contributed by atoms with Crippen LogP contribution in [0.2, 0.25) is 0 Å². The van der Waals surface area contributed by atoms with Crippen LogP contribution in [0.15, 0.2) is 48.5 Å². The summed E-state index contributed by atoms with van der Waals surface area (Å²) in [4.78, 5) is 12.2. The first-order chi connectivity index (χ1) is 12.2. The molecule has 8 heteroatoms. The van der Waals surface area contributed by atoms with E-state index in [0.29, 0.717) is 11.5 Å². The first kappa shape index (κ1) is 16.8. The van der Waals surface area contributed by atoms with Crippen LogP contribution in [0.25, 0.3) is 0 Å². The molecular weight excluding hydrogens is 342 g/mol. The molecule has 0 spiro atoms. The molecule has 0 saturated heterocycles. The summed E-state index contributed by atoms with van der Waals surface area (Å²) in [6, 6.07) is 14.4. The highest BCUT2D eigenvalue weighted by atomic mass is 32.1. The van der Waals surface area contributed by atoms with E-state index in [1.165, 1.54) is 0 Å². The molecule has 0 saturated carbocycles. The van der Waals surface area contributed by atoms with E-state index < -0.39 is 6.10 Å². The Bertz CT molecular complexity index is 767. The number of thiocarbonyl (C=S) groups is 1. The van der Waals surface area contributed by atoms with E-state index >= 15 is 0 Å². The predicted molar refractivity (Wildman–Crippen MR) is 96.8 cm³/mol. The Morgan fingerprint density at radius 3 is 2.56 bits per heavy atom. The summed E-state index contributed by atoms with van der Waals surface area (Å²) in [7, 11) is 1.60. The van der Waals surface area contributed by atoms with Gasteiger partial charge in [-0.1, -0.05) is 12.1 Å². The van der Waals surface area contributed by atoms with Crippen molar-refractivity contribution >= 4 is 28.9 Å². The predicted octanol–water partition coefficient (Wildman–Crippen LogP) is 1.85. The number of rotatable bonds is 3. The quantitative estimate of drug-likeness (QED) is 0.570. The topological polar surface area (TPSA) is 80.9 Å². The molecule has 1 aliphatic heterocycles. The van der Waals surface area contributed by atoms with Crippen LogP contribution in [0.5, 0.6) is 17.2 Å². The van der Waals surface area contributed by atoms with Crippen molar-refractivity contribution in [3.63, 3.8) is 0 Å². The van der Waals surface area contributed by atoms with E-state index in [9.17, 15) is 4.79 Å². The Hall–Kier alpha value is -3.00. The number of ether oxygens (including phenoxy) is 3. The van der Waals surface area contributed by atoms with Crippen LogP contribution in [-0.4, -0.2) is 30.8 Å². The first-order valence-electron chi connectivity index (χ1n) is 7.55. The summed E-state index contributed by atoms with van der Waals surface area (Å²) >= 11 is 5.14. The van der Waals surface area contributed by atoms with Crippen molar-refractivity contribution in [2.45, 2.75) is 6.10 Å². The Labute approximate surface area is 150 Å². The van der Waals surface area contributed by atoms with Gasteiger partial charge in [-0.25, -0.2) is 0 Å². The second-order valence-corrected chi connectivity index (χ2v) is 5.57. The summed E-state index contributed by atoms with van der Waals surface area (Å²) in [6.45, 7) is 0.128. The fourth-order valence-electron chi connectivity index (χ4n) is 2.18. The first-order valence-corrected chi connectivity index (χ1v) is 7.96. The number of hydrogen-bond donors (Lipinski definition) is 3. The number of anilines is 1. The minimum Gasteiger partial charge on any atom is -0.497 e. The van der Waals surface area contributed by atoms with Crippen LogP contribution < -0.4 is 30.4 Å². The van der Waals surface area contributed by atoms with Gasteiger partial charge in [0.1, 0.15) is 12.4 Å². The second-order valence-electron chi connectivity index (χ2n) is 5.16. The van der Waals surface area contributed by atoms with Crippen molar-refractivity contribution < 1.29 is 19.0 Å². The molecule has 0 bridgehead atoms. The van der Waals surface area contributed by atoms with E-state index in [1.807, 2.05) is 24.3 Å². The summed E-state index contributed by atoms with van der Waals surface area (Å²) < 4.78 is 16.2. The lowest BCUT2D eigenvalue weighted by Crippen LogP contribution is -2.51. The van der Waals surface area contributed by atoms with Gasteiger partial charge in [-0.2, -0.15) is 0 Å². The van der Waals surface area contributed by atoms with Crippen LogP contribution in [0.1, 0.15) is 0 Å². The number of amides is 1. The normalized spacial score (nSPS) is 15.0. The van der Waals surface area contributed by atoms with Crippen molar-refractivity contribution in [2.24, 2.45) is 0 Å². The average molecular weight is 359 g/mol. The largest absolute Gasteiger partial charge is 0.497 e. The Kier molecular flexibility index (Phi) is 5.20. The number of nitrogens with one attached hydrogen (secondary N) is 3. The van der Waals surface area contributed by atoms with Crippen LogP contribution >= 0.6 is 12.2 Å². The van der Waals surface area contributed by atoms with Gasteiger partial charge in [0.05, 0.1) is 7.11 Å². The lowest BCUT2D eigenvalue weighted by atomic mass is 10.2. The van der Waals surface area contributed by atoms with Gasteiger partial charge < -0.3 is 19.5 Å². The number of fused-ring (bicyclic) bond motifs is 1. The molecule has 25 heavy (non-hydrogen) atoms. The maximum Gasteiger partial charge on any atom is 0.283 e. The average Bonchev–Trinajstić information content (AvgIpc) is 2.66. The molecule has 130 valence electrons. The van der Waals surface area contributed by atoms with Crippen molar-refractivity contribution in [3.05, 3.63) is 48.5 Å². The Morgan fingerprint density at radius 1 is 1.12 bits per heavy atom. The molecule has 1 atom stereocenters. The maximum atomic E-state index is 12.2. The minimum atomic E-state index is -0.758. The fourth-order valence-corrected chi connectivity index (χ4v) is 2.35. The van der Waals surface area contributed by atoms with Gasteiger partial charge in [0.25, 0.3) is 5.91 Å². The molecule has 0 aromatic heterocycles. The van der Waals surface area contributed by atoms with Crippen LogP contribution in [0.4, 0.5) is 5.69 Å². The monoisotopic (exact) mass is 359 g/mol. The van der Waals surface area contributed by atoms with Gasteiger partial charge in [-0.3, -0.25) is 15.6 Å². The summed E-state index contributed by atoms with van der Waals surface area (Å²) in [6.07, 6.45) is -0.758. The van der Waals surface area contributed by atoms with Crippen LogP contribution in [0.3, 0.4) is 0 Å². The molecular formula is C17H17N3O4S. The number of benzene rings is 2. The third-order valence-electron chi connectivity index (χ3n) is 3.45. The highest BCUT2D eigenvalue weighted by Gasteiger charge is 2.27. The van der Waals surface area contributed by atoms with Crippen LogP contribution in [-0.2, 0) is 4.79 Å². The third kappa shape index (κ3) is 4.30. The highest BCUT2D eigenvalue weighted by Crippen LogP contribution is 2.30. The van der Waals surface area contributed by atoms with Crippen LogP contribution in [0, 0.1) is 0 Å². The van der Waals surface area contributed by atoms with Gasteiger partial charge in [0.2, 0.25) is 6.10 Å². The van der Waals surface area contributed by atoms with Crippen molar-refractivity contribution in [2.75, 3.05) is 19.0 Å². The Balaban J connectivity index is 1.48. The van der Waals surface area contributed by atoms with Crippen molar-refractivity contribution in [1.82, 2.24) is 10.9 Å². The number of carbonyl (C=O) groups is 1. The second kappa shape index (κ2) is 7.71. The summed E-state index contributed by atoms with van der Waals surface area (Å²) in [5.74, 6) is 1.52.